The third-order valence-electron chi connectivity index (χ3n) is 2.22. The molecule has 15 heavy (non-hydrogen) atoms. The maximum Gasteiger partial charge on any atom is 0.324 e. The first-order valence-corrected chi connectivity index (χ1v) is 5.86. The highest BCUT2D eigenvalue weighted by molar-refractivity contribution is 7.77. The predicted molar refractivity (Wildman–Crippen MR) is 55.6 cm³/mol. The highest BCUT2D eigenvalue weighted by Crippen LogP contribution is 2.19. The summed E-state index contributed by atoms with van der Waals surface area (Å²) in [6.07, 6.45) is 1.78. The topological polar surface area (TPSA) is 115 Å². The van der Waals surface area contributed by atoms with E-state index in [9.17, 15) is 13.6 Å². The van der Waals surface area contributed by atoms with Gasteiger partial charge in [-0.3, -0.25) is 9.00 Å². The van der Waals surface area contributed by atoms with Crippen LogP contribution in [-0.2, 0) is 16.1 Å². The van der Waals surface area contributed by atoms with Crippen LogP contribution in [-0.4, -0.2) is 31.9 Å². The van der Waals surface area contributed by atoms with Crippen LogP contribution in [0.4, 0.5) is 0 Å². The molecule has 0 amide bonds. The van der Waals surface area contributed by atoms with Gasteiger partial charge in [0.05, 0.1) is 0 Å². The second-order valence-corrected chi connectivity index (χ2v) is 4.04. The van der Waals surface area contributed by atoms with Crippen LogP contribution in [0.25, 0.3) is 0 Å². The second-order valence-electron chi connectivity index (χ2n) is 3.37. The molecule has 0 heterocycles. The SMILES string of the molecule is CCCCC(CCN)(NS(=O)[O-])C(=O)O. The molecule has 0 fully saturated rings. The summed E-state index contributed by atoms with van der Waals surface area (Å²) in [6, 6.07) is 0. The summed E-state index contributed by atoms with van der Waals surface area (Å²) in [4.78, 5) is 11.1. The summed E-state index contributed by atoms with van der Waals surface area (Å²) in [5, 5.41) is 9.04. The number of carboxylic acids is 1. The second kappa shape index (κ2) is 6.89. The van der Waals surface area contributed by atoms with Gasteiger partial charge in [0.15, 0.2) is 0 Å². The zero-order valence-corrected chi connectivity index (χ0v) is 9.51. The molecule has 0 bridgehead atoms. The summed E-state index contributed by atoms with van der Waals surface area (Å²) in [7, 11) is 0. The summed E-state index contributed by atoms with van der Waals surface area (Å²) >= 11 is -2.60. The van der Waals surface area contributed by atoms with Crippen molar-refractivity contribution in [3.63, 3.8) is 0 Å². The normalized spacial score (nSPS) is 17.0. The van der Waals surface area contributed by atoms with Crippen molar-refractivity contribution in [2.24, 2.45) is 5.73 Å². The third-order valence-corrected chi connectivity index (χ3v) is 2.77. The Morgan fingerprint density at radius 2 is 2.20 bits per heavy atom. The van der Waals surface area contributed by atoms with Gasteiger partial charge >= 0.3 is 5.97 Å². The number of rotatable bonds is 8. The fraction of sp³-hybridized carbons (Fsp3) is 0.875. The number of hydrogen-bond donors (Lipinski definition) is 3. The number of aliphatic carboxylic acids is 1. The lowest BCUT2D eigenvalue weighted by Crippen LogP contribution is -2.53. The van der Waals surface area contributed by atoms with Crippen LogP contribution in [0.2, 0.25) is 0 Å². The van der Waals surface area contributed by atoms with Crippen LogP contribution in [0.15, 0.2) is 0 Å². The molecule has 90 valence electrons. The van der Waals surface area contributed by atoms with Gasteiger partial charge in [0, 0.05) is 11.3 Å². The van der Waals surface area contributed by atoms with Crippen molar-refractivity contribution >= 4 is 17.2 Å². The van der Waals surface area contributed by atoms with Crippen LogP contribution in [0.1, 0.15) is 32.6 Å². The average molecular weight is 237 g/mol. The molecule has 0 aliphatic rings. The van der Waals surface area contributed by atoms with Gasteiger partial charge in [-0.05, 0) is 19.4 Å². The van der Waals surface area contributed by atoms with E-state index < -0.39 is 22.8 Å². The van der Waals surface area contributed by atoms with Crippen LogP contribution in [0.3, 0.4) is 0 Å². The van der Waals surface area contributed by atoms with E-state index in [1.807, 2.05) is 6.92 Å². The fourth-order valence-electron chi connectivity index (χ4n) is 1.37. The third kappa shape index (κ3) is 4.70. The van der Waals surface area contributed by atoms with E-state index in [1.54, 1.807) is 0 Å². The van der Waals surface area contributed by atoms with E-state index in [0.717, 1.165) is 6.42 Å². The van der Waals surface area contributed by atoms with Crippen molar-refractivity contribution in [2.75, 3.05) is 6.54 Å². The molecular formula is C8H17N2O4S-. The minimum atomic E-state index is -2.60. The van der Waals surface area contributed by atoms with E-state index in [0.29, 0.717) is 6.42 Å². The van der Waals surface area contributed by atoms with Crippen LogP contribution >= 0.6 is 0 Å². The molecule has 0 aliphatic carbocycles. The maximum atomic E-state index is 11.1. The number of nitrogens with two attached hydrogens (primary N) is 1. The molecule has 2 unspecified atom stereocenters. The van der Waals surface area contributed by atoms with Gasteiger partial charge in [0.1, 0.15) is 5.54 Å². The van der Waals surface area contributed by atoms with Crippen LogP contribution < -0.4 is 10.5 Å². The molecule has 0 saturated carbocycles. The summed E-state index contributed by atoms with van der Waals surface area (Å²) < 4.78 is 23.1. The Morgan fingerprint density at radius 1 is 1.60 bits per heavy atom. The number of hydrogen-bond acceptors (Lipinski definition) is 4. The van der Waals surface area contributed by atoms with Gasteiger partial charge in [-0.2, -0.15) is 0 Å². The Hall–Kier alpha value is -0.500. The molecule has 2 atom stereocenters. The van der Waals surface area contributed by atoms with Crippen molar-refractivity contribution < 1.29 is 18.7 Å². The molecule has 0 aliphatic heterocycles. The molecule has 0 rings (SSSR count). The predicted octanol–water partition coefficient (Wildman–Crippen LogP) is -0.267. The van der Waals surface area contributed by atoms with E-state index in [-0.39, 0.29) is 19.4 Å². The summed E-state index contributed by atoms with van der Waals surface area (Å²) in [6.45, 7) is 2.03. The standard InChI is InChI=1S/C8H18N2O4S/c1-2-3-4-8(5-6-9,7(11)12)10-15(13)14/h10H,2-6,9H2,1H3,(H,11,12)(H,13,14)/p-1. The quantitative estimate of drug-likeness (QED) is 0.503. The minimum Gasteiger partial charge on any atom is -0.760 e. The lowest BCUT2D eigenvalue weighted by atomic mass is 9.90. The van der Waals surface area contributed by atoms with Gasteiger partial charge in [0.25, 0.3) is 0 Å². The largest absolute Gasteiger partial charge is 0.760 e. The summed E-state index contributed by atoms with van der Waals surface area (Å²) in [5.41, 5.74) is 3.85. The highest BCUT2D eigenvalue weighted by atomic mass is 32.2. The molecular weight excluding hydrogens is 220 g/mol. The van der Waals surface area contributed by atoms with Crippen molar-refractivity contribution in [3.05, 3.63) is 0 Å². The zero-order chi connectivity index (χ0) is 11.9. The Kier molecular flexibility index (Phi) is 6.66. The van der Waals surface area contributed by atoms with Gasteiger partial charge < -0.3 is 15.4 Å². The zero-order valence-electron chi connectivity index (χ0n) is 8.69. The minimum absolute atomic E-state index is 0.0936. The van der Waals surface area contributed by atoms with Crippen molar-refractivity contribution in [1.82, 2.24) is 4.72 Å². The number of unbranched alkanes of at least 4 members (excludes halogenated alkanes) is 1. The lowest BCUT2D eigenvalue weighted by molar-refractivity contribution is -0.144. The van der Waals surface area contributed by atoms with Crippen molar-refractivity contribution in [1.29, 1.82) is 0 Å². The molecule has 0 aromatic rings. The molecule has 0 saturated heterocycles. The Labute approximate surface area is 91.7 Å². The molecule has 0 aromatic carbocycles. The first kappa shape index (κ1) is 14.5. The number of carboxylic acid groups (broad SMARTS) is 1. The van der Waals surface area contributed by atoms with Crippen LogP contribution in [0.5, 0.6) is 0 Å². The maximum absolute atomic E-state index is 11.1. The highest BCUT2D eigenvalue weighted by Gasteiger charge is 2.37. The molecule has 4 N–H and O–H groups in total. The Morgan fingerprint density at radius 3 is 2.53 bits per heavy atom. The number of nitrogens with one attached hydrogen (secondary N) is 1. The van der Waals surface area contributed by atoms with Gasteiger partial charge in [-0.1, -0.05) is 19.8 Å². The van der Waals surface area contributed by atoms with Crippen LogP contribution in [0, 0.1) is 0 Å². The monoisotopic (exact) mass is 237 g/mol. The molecule has 0 radical (unpaired) electrons. The lowest BCUT2D eigenvalue weighted by Gasteiger charge is -2.31. The van der Waals surface area contributed by atoms with Gasteiger partial charge in [0.2, 0.25) is 0 Å². The Balaban J connectivity index is 4.71. The van der Waals surface area contributed by atoms with Gasteiger partial charge in [-0.15, -0.1) is 0 Å². The van der Waals surface area contributed by atoms with Gasteiger partial charge in [-0.25, -0.2) is 4.72 Å². The van der Waals surface area contributed by atoms with E-state index in [4.69, 9.17) is 10.8 Å². The van der Waals surface area contributed by atoms with Crippen molar-refractivity contribution in [3.8, 4) is 0 Å². The van der Waals surface area contributed by atoms with Crippen molar-refractivity contribution in [2.45, 2.75) is 38.1 Å². The Bertz CT molecular complexity index is 237. The smallest absolute Gasteiger partial charge is 0.324 e. The fourth-order valence-corrected chi connectivity index (χ4v) is 1.98. The molecule has 7 heteroatoms. The first-order chi connectivity index (χ1) is 6.98. The average Bonchev–Trinajstić information content (AvgIpc) is 2.13. The first-order valence-electron chi connectivity index (χ1n) is 4.79. The van der Waals surface area contributed by atoms with E-state index in [2.05, 4.69) is 4.72 Å². The molecule has 0 aromatic heterocycles. The summed E-state index contributed by atoms with van der Waals surface area (Å²) in [5.74, 6) is -1.18. The van der Waals surface area contributed by atoms with E-state index >= 15 is 0 Å². The molecule has 6 nitrogen and oxygen atoms in total. The number of carbonyl (C=O) groups is 1. The molecule has 0 spiro atoms. The van der Waals surface area contributed by atoms with E-state index in [1.165, 1.54) is 0 Å².